The fourth-order valence-electron chi connectivity index (χ4n) is 3.74. The van der Waals surface area contributed by atoms with Crippen molar-refractivity contribution in [3.63, 3.8) is 0 Å². The third-order valence-electron chi connectivity index (χ3n) is 5.45. The fraction of sp³-hybridized carbons (Fsp3) is 0.167. The first kappa shape index (κ1) is 23.8. The number of nitrogens with one attached hydrogen (secondary N) is 2. The van der Waals surface area contributed by atoms with E-state index in [0.29, 0.717) is 39.9 Å². The Morgan fingerprint density at radius 1 is 1.19 bits per heavy atom. The van der Waals surface area contributed by atoms with Gasteiger partial charge in [0.15, 0.2) is 4.34 Å². The summed E-state index contributed by atoms with van der Waals surface area (Å²) >= 11 is 2.46. The molecule has 0 bridgehead atoms. The number of rotatable bonds is 7. The number of benzene rings is 1. The van der Waals surface area contributed by atoms with E-state index in [4.69, 9.17) is 5.41 Å². The Bertz CT molecular complexity index is 1730. The minimum absolute atomic E-state index is 0.0292. The number of carbonyl (C=O) groups is 1. The number of hydrogen-bond acceptors (Lipinski definition) is 8. The first-order valence-corrected chi connectivity index (χ1v) is 12.9. The number of hydrogen-bond donors (Lipinski definition) is 2. The standard InChI is InChI=1S/C24H20FN7O2S2/c1-2-10-32-19(26)15(12-16-20(32)27-18-9-5-6-11-31(18)22(16)34)21(33)28-23-29-30-24(36-23)35-13-14-7-3-4-8-17(14)25/h3-9,11-12,26H,2,10,13H2,1H3,(H,28,29,33). The summed E-state index contributed by atoms with van der Waals surface area (Å²) in [7, 11) is 0. The zero-order valence-corrected chi connectivity index (χ0v) is 20.7. The summed E-state index contributed by atoms with van der Waals surface area (Å²) in [6.07, 6.45) is 2.30. The van der Waals surface area contributed by atoms with E-state index in [9.17, 15) is 14.0 Å². The number of thioether (sulfide) groups is 1. The molecule has 12 heteroatoms. The van der Waals surface area contributed by atoms with E-state index in [1.165, 1.54) is 28.3 Å². The van der Waals surface area contributed by atoms with Gasteiger partial charge >= 0.3 is 0 Å². The minimum Gasteiger partial charge on any atom is -0.310 e. The van der Waals surface area contributed by atoms with Gasteiger partial charge in [-0.3, -0.25) is 24.7 Å². The predicted octanol–water partition coefficient (Wildman–Crippen LogP) is 4.07. The van der Waals surface area contributed by atoms with Crippen LogP contribution in [0.25, 0.3) is 16.7 Å². The number of nitrogens with zero attached hydrogens (tertiary/aromatic N) is 5. The Labute approximate surface area is 212 Å². The number of anilines is 1. The van der Waals surface area contributed by atoms with Crippen molar-refractivity contribution in [1.82, 2.24) is 24.1 Å². The van der Waals surface area contributed by atoms with Crippen LogP contribution >= 0.6 is 23.1 Å². The summed E-state index contributed by atoms with van der Waals surface area (Å²) in [6, 6.07) is 13.1. The molecule has 36 heavy (non-hydrogen) atoms. The van der Waals surface area contributed by atoms with Crippen molar-refractivity contribution in [3.8, 4) is 0 Å². The molecule has 0 unspecified atom stereocenters. The number of aryl methyl sites for hydroxylation is 1. The molecule has 0 radical (unpaired) electrons. The second-order valence-electron chi connectivity index (χ2n) is 7.85. The molecule has 0 fully saturated rings. The van der Waals surface area contributed by atoms with Crippen molar-refractivity contribution in [2.24, 2.45) is 0 Å². The van der Waals surface area contributed by atoms with Crippen LogP contribution < -0.4 is 16.4 Å². The number of halogens is 1. The van der Waals surface area contributed by atoms with E-state index in [0.717, 1.165) is 11.3 Å². The minimum atomic E-state index is -0.578. The van der Waals surface area contributed by atoms with Crippen molar-refractivity contribution < 1.29 is 9.18 Å². The second kappa shape index (κ2) is 9.99. The largest absolute Gasteiger partial charge is 0.310 e. The molecule has 0 atom stereocenters. The van der Waals surface area contributed by atoms with Crippen LogP contribution in [0.15, 0.2) is 63.9 Å². The van der Waals surface area contributed by atoms with Crippen molar-refractivity contribution >= 4 is 50.8 Å². The molecule has 1 amide bonds. The molecule has 9 nitrogen and oxygen atoms in total. The van der Waals surface area contributed by atoms with E-state index in [1.54, 1.807) is 47.2 Å². The van der Waals surface area contributed by atoms with Crippen LogP contribution in [-0.2, 0) is 12.3 Å². The highest BCUT2D eigenvalue weighted by Gasteiger charge is 2.19. The molecule has 5 aromatic rings. The van der Waals surface area contributed by atoms with Gasteiger partial charge in [-0.1, -0.05) is 54.3 Å². The molecule has 5 rings (SSSR count). The molecule has 4 aromatic heterocycles. The lowest BCUT2D eigenvalue weighted by molar-refractivity contribution is 0.102. The van der Waals surface area contributed by atoms with E-state index in [-0.39, 0.29) is 32.9 Å². The van der Waals surface area contributed by atoms with Crippen LogP contribution in [0, 0.1) is 11.2 Å². The SMILES string of the molecule is CCCn1c(=N)c(C(=O)Nc2nnc(SCc3ccccc3F)s2)cc2c(=O)n3ccccc3nc21. The molecule has 0 spiro atoms. The number of carbonyl (C=O) groups excluding carboxylic acids is 1. The predicted molar refractivity (Wildman–Crippen MR) is 137 cm³/mol. The van der Waals surface area contributed by atoms with E-state index in [2.05, 4.69) is 20.5 Å². The van der Waals surface area contributed by atoms with Gasteiger partial charge in [0.2, 0.25) is 5.13 Å². The van der Waals surface area contributed by atoms with Gasteiger partial charge in [-0.25, -0.2) is 9.37 Å². The van der Waals surface area contributed by atoms with Crippen LogP contribution in [0.3, 0.4) is 0 Å². The van der Waals surface area contributed by atoms with Crippen LogP contribution in [0.1, 0.15) is 29.3 Å². The lowest BCUT2D eigenvalue weighted by Gasteiger charge is -2.13. The summed E-state index contributed by atoms with van der Waals surface area (Å²) in [6.45, 7) is 2.36. The third-order valence-corrected chi connectivity index (χ3v) is 7.47. The maximum atomic E-state index is 13.9. The Hall–Kier alpha value is -3.90. The van der Waals surface area contributed by atoms with Crippen molar-refractivity contribution in [1.29, 1.82) is 5.41 Å². The summed E-state index contributed by atoms with van der Waals surface area (Å²) in [5.74, 6) is -0.495. The van der Waals surface area contributed by atoms with Crippen molar-refractivity contribution in [3.05, 3.63) is 87.5 Å². The van der Waals surface area contributed by atoms with Gasteiger partial charge in [0.1, 0.15) is 22.6 Å². The zero-order chi connectivity index (χ0) is 25.2. The van der Waals surface area contributed by atoms with Gasteiger partial charge in [0.25, 0.3) is 11.5 Å². The Morgan fingerprint density at radius 3 is 2.81 bits per heavy atom. The number of amides is 1. The van der Waals surface area contributed by atoms with Crippen molar-refractivity contribution in [2.75, 3.05) is 5.32 Å². The quantitative estimate of drug-likeness (QED) is 0.189. The van der Waals surface area contributed by atoms with Gasteiger partial charge in [0.05, 0.1) is 10.9 Å². The molecule has 1 aromatic carbocycles. The molecular weight excluding hydrogens is 501 g/mol. The highest BCUT2D eigenvalue weighted by Crippen LogP contribution is 2.29. The summed E-state index contributed by atoms with van der Waals surface area (Å²) in [4.78, 5) is 30.9. The number of fused-ring (bicyclic) bond motifs is 2. The molecule has 0 aliphatic heterocycles. The van der Waals surface area contributed by atoms with Crippen LogP contribution in [0.5, 0.6) is 0 Å². The Balaban J connectivity index is 1.45. The first-order valence-electron chi connectivity index (χ1n) is 11.1. The summed E-state index contributed by atoms with van der Waals surface area (Å²) in [5, 5.41) is 19.9. The van der Waals surface area contributed by atoms with Crippen LogP contribution in [0.2, 0.25) is 0 Å². The Kier molecular flexibility index (Phi) is 6.61. The average molecular weight is 522 g/mol. The molecule has 0 aliphatic carbocycles. The maximum Gasteiger partial charge on any atom is 0.267 e. The average Bonchev–Trinajstić information content (AvgIpc) is 3.32. The van der Waals surface area contributed by atoms with Gasteiger partial charge in [-0.2, -0.15) is 0 Å². The van der Waals surface area contributed by atoms with E-state index in [1.807, 2.05) is 6.92 Å². The second-order valence-corrected chi connectivity index (χ2v) is 10.0. The number of aromatic nitrogens is 5. The maximum absolute atomic E-state index is 13.9. The van der Waals surface area contributed by atoms with Gasteiger partial charge in [-0.05, 0) is 36.2 Å². The van der Waals surface area contributed by atoms with Gasteiger partial charge in [-0.15, -0.1) is 10.2 Å². The third kappa shape index (κ3) is 4.52. The van der Waals surface area contributed by atoms with Crippen molar-refractivity contribution in [2.45, 2.75) is 30.0 Å². The molecule has 0 saturated carbocycles. The van der Waals surface area contributed by atoms with Gasteiger partial charge in [0, 0.05) is 18.5 Å². The fourth-order valence-corrected chi connectivity index (χ4v) is 5.47. The summed E-state index contributed by atoms with van der Waals surface area (Å²) in [5.41, 5.74) is 1.03. The number of pyridine rings is 2. The molecular formula is C24H20FN7O2S2. The monoisotopic (exact) mass is 521 g/mol. The van der Waals surface area contributed by atoms with Crippen LogP contribution in [-0.4, -0.2) is 30.1 Å². The summed E-state index contributed by atoms with van der Waals surface area (Å²) < 4.78 is 17.4. The zero-order valence-electron chi connectivity index (χ0n) is 19.1. The molecule has 2 N–H and O–H groups in total. The molecule has 0 saturated heterocycles. The van der Waals surface area contributed by atoms with Gasteiger partial charge < -0.3 is 4.57 Å². The topological polar surface area (TPSA) is 118 Å². The lowest BCUT2D eigenvalue weighted by atomic mass is 10.2. The molecule has 182 valence electrons. The molecule has 4 heterocycles. The Morgan fingerprint density at radius 2 is 2.00 bits per heavy atom. The normalized spacial score (nSPS) is 11.3. The van der Waals surface area contributed by atoms with E-state index >= 15 is 0 Å². The van der Waals surface area contributed by atoms with Crippen LogP contribution in [0.4, 0.5) is 9.52 Å². The molecule has 0 aliphatic rings. The van der Waals surface area contributed by atoms with E-state index < -0.39 is 5.91 Å². The highest BCUT2D eigenvalue weighted by molar-refractivity contribution is 8.00. The smallest absolute Gasteiger partial charge is 0.267 e. The highest BCUT2D eigenvalue weighted by atomic mass is 32.2. The lowest BCUT2D eigenvalue weighted by Crippen LogP contribution is -2.32. The first-order chi connectivity index (χ1) is 17.5.